The Kier molecular flexibility index (Phi) is 7.36. The molecule has 0 spiro atoms. The number of amides is 1. The highest BCUT2D eigenvalue weighted by atomic mass is 16.6. The fraction of sp³-hybridized carbons (Fsp3) is 0.611. The molecule has 0 aliphatic rings. The van der Waals surface area contributed by atoms with E-state index in [2.05, 4.69) is 12.2 Å². The molecule has 23 heavy (non-hydrogen) atoms. The second kappa shape index (κ2) is 8.77. The highest BCUT2D eigenvalue weighted by molar-refractivity contribution is 5.68. The second-order valence-electron chi connectivity index (χ2n) is 6.73. The van der Waals surface area contributed by atoms with Crippen LogP contribution in [0.5, 0.6) is 5.75 Å². The number of phenolic OH excluding ortho intramolecular Hbond substituents is 1. The Morgan fingerprint density at radius 2 is 1.87 bits per heavy atom. The first kappa shape index (κ1) is 19.3. The lowest BCUT2D eigenvalue weighted by molar-refractivity contribution is 0.0251. The summed E-state index contributed by atoms with van der Waals surface area (Å²) in [5.41, 5.74) is 0.623. The minimum atomic E-state index is -0.476. The van der Waals surface area contributed by atoms with Gasteiger partial charge in [-0.25, -0.2) is 4.79 Å². The zero-order chi connectivity index (χ0) is 17.5. The van der Waals surface area contributed by atoms with Crippen LogP contribution in [-0.4, -0.2) is 41.3 Å². The molecule has 0 fully saturated rings. The van der Waals surface area contributed by atoms with Crippen LogP contribution in [0.1, 0.15) is 52.6 Å². The molecule has 1 amide bonds. The summed E-state index contributed by atoms with van der Waals surface area (Å²) in [4.78, 5) is 13.9. The zero-order valence-corrected chi connectivity index (χ0v) is 14.9. The summed E-state index contributed by atoms with van der Waals surface area (Å²) in [6.07, 6.45) is 0.630. The number of hydrogen-bond donors (Lipinski definition) is 2. The van der Waals surface area contributed by atoms with E-state index >= 15 is 0 Å². The maximum absolute atomic E-state index is 12.2. The van der Waals surface area contributed by atoms with Crippen molar-refractivity contribution in [2.45, 2.75) is 52.7 Å². The Labute approximate surface area is 139 Å². The molecule has 0 aliphatic heterocycles. The van der Waals surface area contributed by atoms with E-state index in [1.54, 1.807) is 17.0 Å². The molecule has 0 radical (unpaired) electrons. The van der Waals surface area contributed by atoms with Gasteiger partial charge in [-0.3, -0.25) is 0 Å². The predicted molar refractivity (Wildman–Crippen MR) is 92.6 cm³/mol. The molecule has 0 saturated heterocycles. The number of nitrogens with zero attached hydrogens (tertiary/aromatic N) is 1. The van der Waals surface area contributed by atoms with Crippen molar-refractivity contribution in [3.05, 3.63) is 29.8 Å². The highest BCUT2D eigenvalue weighted by Gasteiger charge is 2.21. The lowest BCUT2D eigenvalue weighted by atomic mass is 10.1. The number of aromatic hydroxyl groups is 1. The van der Waals surface area contributed by atoms with Crippen LogP contribution in [0.2, 0.25) is 0 Å². The Morgan fingerprint density at radius 3 is 2.39 bits per heavy atom. The largest absolute Gasteiger partial charge is 0.508 e. The number of phenols is 1. The zero-order valence-electron chi connectivity index (χ0n) is 14.9. The van der Waals surface area contributed by atoms with Crippen LogP contribution in [0.25, 0.3) is 0 Å². The molecule has 0 bridgehead atoms. The minimum absolute atomic E-state index is 0.151. The molecule has 0 heterocycles. The summed E-state index contributed by atoms with van der Waals surface area (Å²) >= 11 is 0. The molecule has 0 saturated carbocycles. The second-order valence-corrected chi connectivity index (χ2v) is 6.73. The van der Waals surface area contributed by atoms with E-state index in [0.717, 1.165) is 12.0 Å². The van der Waals surface area contributed by atoms with Crippen LogP contribution >= 0.6 is 0 Å². The molecule has 1 aromatic carbocycles. The Morgan fingerprint density at radius 1 is 1.26 bits per heavy atom. The molecule has 1 unspecified atom stereocenters. The van der Waals surface area contributed by atoms with Gasteiger partial charge in [0.05, 0.1) is 0 Å². The summed E-state index contributed by atoms with van der Waals surface area (Å²) < 4.78 is 5.44. The summed E-state index contributed by atoms with van der Waals surface area (Å²) in [6.45, 7) is 11.7. The van der Waals surface area contributed by atoms with Gasteiger partial charge in [-0.2, -0.15) is 0 Å². The molecule has 1 rings (SSSR count). The van der Waals surface area contributed by atoms with Crippen molar-refractivity contribution in [1.82, 2.24) is 10.2 Å². The lowest BCUT2D eigenvalue weighted by Gasteiger charge is -2.27. The van der Waals surface area contributed by atoms with Gasteiger partial charge in [0, 0.05) is 25.7 Å². The highest BCUT2D eigenvalue weighted by Crippen LogP contribution is 2.16. The smallest absolute Gasteiger partial charge is 0.410 e. The molecule has 130 valence electrons. The van der Waals surface area contributed by atoms with Crippen molar-refractivity contribution in [3.8, 4) is 5.75 Å². The van der Waals surface area contributed by atoms with Crippen molar-refractivity contribution < 1.29 is 14.6 Å². The molecule has 0 aliphatic carbocycles. The number of carbonyl (C=O) groups is 1. The van der Waals surface area contributed by atoms with Crippen molar-refractivity contribution >= 4 is 6.09 Å². The normalized spacial score (nSPS) is 12.7. The lowest BCUT2D eigenvalue weighted by Crippen LogP contribution is -2.41. The van der Waals surface area contributed by atoms with Crippen LogP contribution in [0.3, 0.4) is 0 Å². The van der Waals surface area contributed by atoms with Gasteiger partial charge >= 0.3 is 6.09 Å². The van der Waals surface area contributed by atoms with E-state index in [1.807, 2.05) is 39.8 Å². The Bertz CT molecular complexity index is 480. The number of rotatable bonds is 7. The van der Waals surface area contributed by atoms with Gasteiger partial charge in [-0.1, -0.05) is 19.1 Å². The van der Waals surface area contributed by atoms with Crippen molar-refractivity contribution in [2.24, 2.45) is 0 Å². The Balaban J connectivity index is 2.48. The number of benzene rings is 1. The van der Waals surface area contributed by atoms with Gasteiger partial charge in [0.1, 0.15) is 11.4 Å². The topological polar surface area (TPSA) is 61.8 Å². The molecule has 0 aromatic heterocycles. The molecule has 1 aromatic rings. The van der Waals surface area contributed by atoms with Gasteiger partial charge in [-0.05, 0) is 51.8 Å². The first-order valence-electron chi connectivity index (χ1n) is 8.23. The molecule has 5 heteroatoms. The number of hydrogen-bond acceptors (Lipinski definition) is 4. The molecule has 5 nitrogen and oxygen atoms in total. The summed E-state index contributed by atoms with van der Waals surface area (Å²) in [5.74, 6) is 0.264. The third-order valence-corrected chi connectivity index (χ3v) is 3.37. The fourth-order valence-corrected chi connectivity index (χ4v) is 2.19. The number of carbonyl (C=O) groups excluding carboxylic acids is 1. The van der Waals surface area contributed by atoms with Crippen LogP contribution in [-0.2, 0) is 4.74 Å². The van der Waals surface area contributed by atoms with Crippen molar-refractivity contribution in [3.63, 3.8) is 0 Å². The third-order valence-electron chi connectivity index (χ3n) is 3.37. The monoisotopic (exact) mass is 322 g/mol. The Hall–Kier alpha value is -1.75. The van der Waals surface area contributed by atoms with E-state index in [-0.39, 0.29) is 17.9 Å². The van der Waals surface area contributed by atoms with Crippen LogP contribution in [0.4, 0.5) is 4.79 Å². The maximum Gasteiger partial charge on any atom is 0.410 e. The number of ether oxygens (including phenoxy) is 1. The van der Waals surface area contributed by atoms with Crippen LogP contribution < -0.4 is 5.32 Å². The molecule has 2 N–H and O–H groups in total. The van der Waals surface area contributed by atoms with Crippen LogP contribution in [0, 0.1) is 0 Å². The van der Waals surface area contributed by atoms with Gasteiger partial charge in [0.25, 0.3) is 0 Å². The third kappa shape index (κ3) is 7.37. The van der Waals surface area contributed by atoms with Crippen LogP contribution in [0.15, 0.2) is 24.3 Å². The van der Waals surface area contributed by atoms with E-state index in [0.29, 0.717) is 19.6 Å². The quantitative estimate of drug-likeness (QED) is 0.803. The average molecular weight is 322 g/mol. The van der Waals surface area contributed by atoms with E-state index in [9.17, 15) is 9.90 Å². The van der Waals surface area contributed by atoms with E-state index in [4.69, 9.17) is 4.74 Å². The number of nitrogens with one attached hydrogen (secondary N) is 1. The van der Waals surface area contributed by atoms with Gasteiger partial charge < -0.3 is 20.1 Å². The fourth-order valence-electron chi connectivity index (χ4n) is 2.19. The van der Waals surface area contributed by atoms with Gasteiger partial charge in [-0.15, -0.1) is 0 Å². The van der Waals surface area contributed by atoms with E-state index in [1.165, 1.54) is 0 Å². The average Bonchev–Trinajstić information content (AvgIpc) is 2.45. The molecular weight excluding hydrogens is 292 g/mol. The first-order valence-corrected chi connectivity index (χ1v) is 8.23. The predicted octanol–water partition coefficient (Wildman–Crippen LogP) is 3.69. The van der Waals surface area contributed by atoms with Crippen molar-refractivity contribution in [1.29, 1.82) is 0 Å². The summed E-state index contributed by atoms with van der Waals surface area (Å²) in [7, 11) is 0. The SMILES string of the molecule is CCCN(CCNC(C)c1ccc(O)cc1)C(=O)OC(C)(C)C. The first-order chi connectivity index (χ1) is 10.7. The van der Waals surface area contributed by atoms with E-state index < -0.39 is 5.60 Å². The summed E-state index contributed by atoms with van der Waals surface area (Å²) in [6, 6.07) is 7.29. The van der Waals surface area contributed by atoms with Gasteiger partial charge in [0.15, 0.2) is 0 Å². The summed E-state index contributed by atoms with van der Waals surface area (Å²) in [5, 5.41) is 12.7. The van der Waals surface area contributed by atoms with Crippen molar-refractivity contribution in [2.75, 3.05) is 19.6 Å². The minimum Gasteiger partial charge on any atom is -0.508 e. The maximum atomic E-state index is 12.2. The molecular formula is C18H30N2O3. The van der Waals surface area contributed by atoms with Gasteiger partial charge in [0.2, 0.25) is 0 Å². The molecule has 1 atom stereocenters. The standard InChI is InChI=1S/C18H30N2O3/c1-6-12-20(17(22)23-18(3,4)5)13-11-19-14(2)15-7-9-16(21)10-8-15/h7-10,14,19,21H,6,11-13H2,1-5H3.